The van der Waals surface area contributed by atoms with Crippen LogP contribution in [-0.2, 0) is 0 Å². The molecule has 0 spiro atoms. The minimum absolute atomic E-state index is 0.270. The Kier molecular flexibility index (Phi) is 1.81. The molecule has 2 aromatic heterocycles. The number of rotatable bonds is 1. The van der Waals surface area contributed by atoms with Crippen molar-refractivity contribution in [3.8, 4) is 0 Å². The summed E-state index contributed by atoms with van der Waals surface area (Å²) in [4.78, 5) is 10.8. The summed E-state index contributed by atoms with van der Waals surface area (Å²) in [6.07, 6.45) is 1.76. The number of primary amides is 1. The summed E-state index contributed by atoms with van der Waals surface area (Å²) in [6.45, 7) is 0. The Bertz CT molecular complexity index is 477. The summed E-state index contributed by atoms with van der Waals surface area (Å²) in [5.41, 5.74) is 6.20. The van der Waals surface area contributed by atoms with Crippen LogP contribution in [0.4, 0.5) is 0 Å². The number of fused-ring (bicyclic) bond motifs is 1. The van der Waals surface area contributed by atoms with E-state index in [0.717, 1.165) is 9.99 Å². The topological polar surface area (TPSA) is 60.4 Å². The molecule has 2 N–H and O–H groups in total. The van der Waals surface area contributed by atoms with Crippen LogP contribution in [0.3, 0.4) is 0 Å². The Morgan fingerprint density at radius 3 is 3.00 bits per heavy atom. The van der Waals surface area contributed by atoms with Crippen LogP contribution in [0.15, 0.2) is 28.9 Å². The first kappa shape index (κ1) is 8.25. The number of carbonyl (C=O) groups excluding carboxylic acids is 1. The van der Waals surface area contributed by atoms with E-state index in [0.29, 0.717) is 0 Å². The third-order valence-electron chi connectivity index (χ3n) is 1.70. The molecule has 66 valence electrons. The first-order valence-corrected chi connectivity index (χ1v) is 4.41. The van der Waals surface area contributed by atoms with Crippen LogP contribution in [-0.4, -0.2) is 15.5 Å². The summed E-state index contributed by atoms with van der Waals surface area (Å²) in [6, 6.07) is 5.35. The van der Waals surface area contributed by atoms with Gasteiger partial charge in [0.15, 0.2) is 5.69 Å². The summed E-state index contributed by atoms with van der Waals surface area (Å²) in [7, 11) is 0. The van der Waals surface area contributed by atoms with Crippen molar-refractivity contribution in [3.63, 3.8) is 0 Å². The fourth-order valence-electron chi connectivity index (χ4n) is 1.10. The van der Waals surface area contributed by atoms with Crippen molar-refractivity contribution in [1.82, 2.24) is 9.61 Å². The molecule has 0 aromatic carbocycles. The molecule has 0 saturated carbocycles. The Morgan fingerprint density at radius 1 is 1.62 bits per heavy atom. The molecule has 0 radical (unpaired) electrons. The molecule has 0 saturated heterocycles. The molecule has 0 aliphatic heterocycles. The van der Waals surface area contributed by atoms with Crippen LogP contribution >= 0.6 is 15.9 Å². The van der Waals surface area contributed by atoms with E-state index in [1.807, 2.05) is 12.1 Å². The summed E-state index contributed by atoms with van der Waals surface area (Å²) >= 11 is 3.35. The van der Waals surface area contributed by atoms with Gasteiger partial charge in [0.25, 0.3) is 5.91 Å². The average molecular weight is 240 g/mol. The lowest BCUT2D eigenvalue weighted by Crippen LogP contribution is -2.11. The van der Waals surface area contributed by atoms with Crippen LogP contribution < -0.4 is 5.73 Å². The standard InChI is InChI=1S/C8H6BrN3O/c9-5-2-1-3-12-7(5)4-6(11-12)8(10)13/h1-4H,(H2,10,13). The van der Waals surface area contributed by atoms with Gasteiger partial charge in [-0.05, 0) is 34.1 Å². The van der Waals surface area contributed by atoms with Gasteiger partial charge in [-0.2, -0.15) is 5.10 Å². The third kappa shape index (κ3) is 1.31. The highest BCUT2D eigenvalue weighted by Gasteiger charge is 2.07. The van der Waals surface area contributed by atoms with Crippen LogP contribution in [0, 0.1) is 0 Å². The fourth-order valence-corrected chi connectivity index (χ4v) is 1.55. The number of aromatic nitrogens is 2. The fraction of sp³-hybridized carbons (Fsp3) is 0. The maximum atomic E-state index is 10.8. The van der Waals surface area contributed by atoms with Gasteiger partial charge in [-0.1, -0.05) is 0 Å². The maximum absolute atomic E-state index is 10.8. The first-order chi connectivity index (χ1) is 6.18. The number of pyridine rings is 1. The highest BCUT2D eigenvalue weighted by atomic mass is 79.9. The number of nitrogens with two attached hydrogens (primary N) is 1. The van der Waals surface area contributed by atoms with Gasteiger partial charge in [0.2, 0.25) is 0 Å². The van der Waals surface area contributed by atoms with Gasteiger partial charge < -0.3 is 5.73 Å². The second-order valence-corrected chi connectivity index (χ2v) is 3.43. The average Bonchev–Trinajstić information content (AvgIpc) is 2.49. The molecule has 5 heteroatoms. The molecule has 4 nitrogen and oxygen atoms in total. The predicted octanol–water partition coefficient (Wildman–Crippen LogP) is 1.20. The van der Waals surface area contributed by atoms with Crippen molar-refractivity contribution in [2.45, 2.75) is 0 Å². The lowest BCUT2D eigenvalue weighted by molar-refractivity contribution is 0.0995. The highest BCUT2D eigenvalue weighted by molar-refractivity contribution is 9.10. The normalized spacial score (nSPS) is 10.5. The summed E-state index contributed by atoms with van der Waals surface area (Å²) in [5.74, 6) is -0.518. The monoisotopic (exact) mass is 239 g/mol. The lowest BCUT2D eigenvalue weighted by atomic mass is 10.3. The second kappa shape index (κ2) is 2.85. The molecule has 13 heavy (non-hydrogen) atoms. The van der Waals surface area contributed by atoms with Gasteiger partial charge in [0.1, 0.15) is 0 Å². The molecule has 0 atom stereocenters. The molecule has 0 bridgehead atoms. The molecule has 0 aliphatic carbocycles. The summed E-state index contributed by atoms with van der Waals surface area (Å²) < 4.78 is 2.49. The van der Waals surface area contributed by atoms with Crippen molar-refractivity contribution in [1.29, 1.82) is 0 Å². The van der Waals surface area contributed by atoms with Crippen LogP contribution in [0.25, 0.3) is 5.52 Å². The number of halogens is 1. The van der Waals surface area contributed by atoms with E-state index in [1.54, 1.807) is 16.8 Å². The van der Waals surface area contributed by atoms with Gasteiger partial charge in [0, 0.05) is 10.7 Å². The van der Waals surface area contributed by atoms with Crippen molar-refractivity contribution >= 4 is 27.4 Å². The van der Waals surface area contributed by atoms with Gasteiger partial charge in [-0.15, -0.1) is 0 Å². The number of hydrogen-bond acceptors (Lipinski definition) is 2. The van der Waals surface area contributed by atoms with Crippen molar-refractivity contribution in [2.24, 2.45) is 5.73 Å². The molecule has 1 amide bonds. The van der Waals surface area contributed by atoms with Gasteiger partial charge >= 0.3 is 0 Å². The van der Waals surface area contributed by atoms with E-state index < -0.39 is 5.91 Å². The Balaban J connectivity index is 2.75. The number of amides is 1. The van der Waals surface area contributed by atoms with Gasteiger partial charge in [-0.3, -0.25) is 4.79 Å². The van der Waals surface area contributed by atoms with E-state index in [-0.39, 0.29) is 5.69 Å². The molecule has 0 fully saturated rings. The third-order valence-corrected chi connectivity index (χ3v) is 2.37. The van der Waals surface area contributed by atoms with E-state index in [4.69, 9.17) is 5.73 Å². The zero-order valence-corrected chi connectivity index (χ0v) is 8.15. The number of hydrogen-bond donors (Lipinski definition) is 1. The minimum atomic E-state index is -0.518. The molecule has 0 aliphatic rings. The summed E-state index contributed by atoms with van der Waals surface area (Å²) in [5, 5.41) is 3.99. The van der Waals surface area contributed by atoms with E-state index >= 15 is 0 Å². The van der Waals surface area contributed by atoms with Crippen molar-refractivity contribution < 1.29 is 4.79 Å². The maximum Gasteiger partial charge on any atom is 0.269 e. The van der Waals surface area contributed by atoms with Crippen LogP contribution in [0.1, 0.15) is 10.5 Å². The van der Waals surface area contributed by atoms with Gasteiger partial charge in [-0.25, -0.2) is 4.52 Å². The number of nitrogens with zero attached hydrogens (tertiary/aromatic N) is 2. The largest absolute Gasteiger partial charge is 0.364 e. The molecule has 2 rings (SSSR count). The Labute approximate surface area is 82.5 Å². The minimum Gasteiger partial charge on any atom is -0.364 e. The first-order valence-electron chi connectivity index (χ1n) is 3.62. The molecule has 0 unspecified atom stereocenters. The zero-order chi connectivity index (χ0) is 9.42. The van der Waals surface area contributed by atoms with Crippen LogP contribution in [0.5, 0.6) is 0 Å². The lowest BCUT2D eigenvalue weighted by Gasteiger charge is -1.92. The highest BCUT2D eigenvalue weighted by Crippen LogP contribution is 2.17. The van der Waals surface area contributed by atoms with Crippen LogP contribution in [0.2, 0.25) is 0 Å². The molecular formula is C8H6BrN3O. The smallest absolute Gasteiger partial charge is 0.269 e. The Morgan fingerprint density at radius 2 is 2.38 bits per heavy atom. The Hall–Kier alpha value is -1.36. The number of carbonyl (C=O) groups is 1. The zero-order valence-electron chi connectivity index (χ0n) is 6.57. The molecule has 2 heterocycles. The SMILES string of the molecule is NC(=O)c1cc2c(Br)cccn2n1. The van der Waals surface area contributed by atoms with Gasteiger partial charge in [0.05, 0.1) is 5.52 Å². The predicted molar refractivity (Wildman–Crippen MR) is 51.4 cm³/mol. The van der Waals surface area contributed by atoms with E-state index in [9.17, 15) is 4.79 Å². The molecule has 2 aromatic rings. The van der Waals surface area contributed by atoms with E-state index in [2.05, 4.69) is 21.0 Å². The van der Waals surface area contributed by atoms with Crippen molar-refractivity contribution in [2.75, 3.05) is 0 Å². The second-order valence-electron chi connectivity index (χ2n) is 2.58. The quantitative estimate of drug-likeness (QED) is 0.813. The van der Waals surface area contributed by atoms with E-state index in [1.165, 1.54) is 0 Å². The van der Waals surface area contributed by atoms with Crippen molar-refractivity contribution in [3.05, 3.63) is 34.6 Å². The molecular weight excluding hydrogens is 234 g/mol.